The van der Waals surface area contributed by atoms with Crippen molar-refractivity contribution in [2.45, 2.75) is 32.1 Å². The van der Waals surface area contributed by atoms with E-state index in [2.05, 4.69) is 5.32 Å². The molecule has 0 aliphatic heterocycles. The van der Waals surface area contributed by atoms with Gasteiger partial charge >= 0.3 is 6.18 Å². The average molecular weight is 242 g/mol. The van der Waals surface area contributed by atoms with Crippen LogP contribution in [-0.4, -0.2) is 12.2 Å². The molecular weight excluding hydrogens is 229 g/mol. The van der Waals surface area contributed by atoms with E-state index in [0.717, 1.165) is 5.56 Å². The number of nitriles is 1. The van der Waals surface area contributed by atoms with Crippen LogP contribution >= 0.6 is 0 Å². The minimum Gasteiger partial charge on any atom is -0.310 e. The first-order chi connectivity index (χ1) is 7.90. The maximum absolute atomic E-state index is 12.1. The molecule has 0 saturated carbocycles. The summed E-state index contributed by atoms with van der Waals surface area (Å²) in [5.74, 6) is 0. The van der Waals surface area contributed by atoms with Gasteiger partial charge in [0.2, 0.25) is 0 Å². The average Bonchev–Trinajstić information content (AvgIpc) is 2.25. The van der Waals surface area contributed by atoms with Gasteiger partial charge in [-0.1, -0.05) is 12.1 Å². The molecule has 0 saturated heterocycles. The van der Waals surface area contributed by atoms with Crippen molar-refractivity contribution in [1.82, 2.24) is 5.32 Å². The summed E-state index contributed by atoms with van der Waals surface area (Å²) in [6, 6.07) is 8.11. The number of hydrogen-bond donors (Lipinski definition) is 1. The molecular formula is C12H13F3N2. The highest BCUT2D eigenvalue weighted by atomic mass is 19.4. The summed E-state index contributed by atoms with van der Waals surface area (Å²) in [5.41, 5.74) is 1.40. The van der Waals surface area contributed by atoms with Gasteiger partial charge in [0.25, 0.3) is 0 Å². The Labute approximate surface area is 98.1 Å². The van der Waals surface area contributed by atoms with Crippen molar-refractivity contribution in [3.63, 3.8) is 0 Å². The number of hydrogen-bond acceptors (Lipinski definition) is 2. The fourth-order valence-electron chi connectivity index (χ4n) is 1.41. The number of benzene rings is 1. The van der Waals surface area contributed by atoms with Crippen LogP contribution in [0.4, 0.5) is 13.2 Å². The van der Waals surface area contributed by atoms with Crippen molar-refractivity contribution in [3.8, 4) is 6.07 Å². The molecule has 1 atom stereocenters. The van der Waals surface area contributed by atoms with E-state index in [9.17, 15) is 13.2 Å². The van der Waals surface area contributed by atoms with Gasteiger partial charge in [-0.15, -0.1) is 0 Å². The lowest BCUT2D eigenvalue weighted by atomic mass is 10.1. The van der Waals surface area contributed by atoms with Gasteiger partial charge in [-0.05, 0) is 24.6 Å². The van der Waals surface area contributed by atoms with Crippen LogP contribution < -0.4 is 5.32 Å². The fraction of sp³-hybridized carbons (Fsp3) is 0.417. The molecule has 1 rings (SSSR count). The van der Waals surface area contributed by atoms with Gasteiger partial charge in [-0.2, -0.15) is 18.4 Å². The second-order valence-electron chi connectivity index (χ2n) is 3.91. The lowest BCUT2D eigenvalue weighted by Gasteiger charge is -2.15. The summed E-state index contributed by atoms with van der Waals surface area (Å²) >= 11 is 0. The van der Waals surface area contributed by atoms with Gasteiger partial charge in [0.1, 0.15) is 0 Å². The molecule has 0 aliphatic carbocycles. The van der Waals surface area contributed by atoms with Crippen molar-refractivity contribution in [2.75, 3.05) is 0 Å². The third kappa shape index (κ3) is 5.36. The Morgan fingerprint density at radius 1 is 1.29 bits per heavy atom. The first-order valence-corrected chi connectivity index (χ1v) is 5.20. The summed E-state index contributed by atoms with van der Waals surface area (Å²) in [6.07, 6.45) is -4.99. The maximum atomic E-state index is 12.1. The minimum atomic E-state index is -4.14. The lowest BCUT2D eigenvalue weighted by Crippen LogP contribution is -2.30. The number of halogens is 3. The van der Waals surface area contributed by atoms with Crippen LogP contribution in [0.3, 0.4) is 0 Å². The van der Waals surface area contributed by atoms with Gasteiger partial charge in [-0.3, -0.25) is 0 Å². The van der Waals surface area contributed by atoms with Gasteiger partial charge in [0, 0.05) is 12.6 Å². The van der Waals surface area contributed by atoms with Crippen LogP contribution in [0.5, 0.6) is 0 Å². The zero-order valence-electron chi connectivity index (χ0n) is 9.38. The molecule has 1 N–H and O–H groups in total. The highest BCUT2D eigenvalue weighted by molar-refractivity contribution is 5.31. The van der Waals surface area contributed by atoms with Crippen LogP contribution in [0.1, 0.15) is 24.5 Å². The topological polar surface area (TPSA) is 35.8 Å². The highest BCUT2D eigenvalue weighted by Crippen LogP contribution is 2.21. The molecule has 0 aliphatic rings. The molecule has 0 fully saturated rings. The van der Waals surface area contributed by atoms with Crippen LogP contribution in [-0.2, 0) is 6.54 Å². The van der Waals surface area contributed by atoms with Gasteiger partial charge in [0.15, 0.2) is 0 Å². The van der Waals surface area contributed by atoms with Crippen molar-refractivity contribution < 1.29 is 13.2 Å². The van der Waals surface area contributed by atoms with E-state index in [1.165, 1.54) is 6.92 Å². The molecule has 1 unspecified atom stereocenters. The van der Waals surface area contributed by atoms with E-state index in [4.69, 9.17) is 5.26 Å². The molecule has 0 aromatic heterocycles. The van der Waals surface area contributed by atoms with E-state index >= 15 is 0 Å². The molecule has 92 valence electrons. The van der Waals surface area contributed by atoms with Crippen molar-refractivity contribution in [3.05, 3.63) is 35.4 Å². The molecule has 1 aromatic rings. The predicted octanol–water partition coefficient (Wildman–Crippen LogP) is 2.99. The Kier molecular flexibility index (Phi) is 4.53. The highest BCUT2D eigenvalue weighted by Gasteiger charge is 2.29. The summed E-state index contributed by atoms with van der Waals surface area (Å²) in [7, 11) is 0. The SMILES string of the molecule is CC(CC(F)(F)F)NCc1ccc(C#N)cc1. The van der Waals surface area contributed by atoms with E-state index < -0.39 is 18.6 Å². The zero-order valence-corrected chi connectivity index (χ0v) is 9.38. The Bertz CT molecular complexity index is 390. The zero-order chi connectivity index (χ0) is 12.9. The Balaban J connectivity index is 2.42. The quantitative estimate of drug-likeness (QED) is 0.881. The lowest BCUT2D eigenvalue weighted by molar-refractivity contribution is -0.139. The molecule has 1 aromatic carbocycles. The van der Waals surface area contributed by atoms with Crippen LogP contribution in [0.2, 0.25) is 0 Å². The third-order valence-electron chi connectivity index (χ3n) is 2.28. The Morgan fingerprint density at radius 3 is 2.35 bits per heavy atom. The molecule has 0 spiro atoms. The number of alkyl halides is 3. The molecule has 0 amide bonds. The second kappa shape index (κ2) is 5.69. The first-order valence-electron chi connectivity index (χ1n) is 5.20. The van der Waals surface area contributed by atoms with Crippen LogP contribution in [0.15, 0.2) is 24.3 Å². The normalized spacial score (nSPS) is 13.1. The standard InChI is InChI=1S/C12H13F3N2/c1-9(6-12(13,14)15)17-8-11-4-2-10(7-16)3-5-11/h2-5,9,17H,6,8H2,1H3. The van der Waals surface area contributed by atoms with E-state index in [-0.39, 0.29) is 0 Å². The Hall–Kier alpha value is -1.54. The van der Waals surface area contributed by atoms with Gasteiger partial charge < -0.3 is 5.32 Å². The predicted molar refractivity (Wildman–Crippen MR) is 58.1 cm³/mol. The third-order valence-corrected chi connectivity index (χ3v) is 2.28. The molecule has 2 nitrogen and oxygen atoms in total. The summed E-state index contributed by atoms with van der Waals surface area (Å²) in [5, 5.41) is 11.4. The monoisotopic (exact) mass is 242 g/mol. The number of nitrogens with zero attached hydrogens (tertiary/aromatic N) is 1. The second-order valence-corrected chi connectivity index (χ2v) is 3.91. The van der Waals surface area contributed by atoms with Crippen molar-refractivity contribution >= 4 is 0 Å². The van der Waals surface area contributed by atoms with Crippen LogP contribution in [0.25, 0.3) is 0 Å². The molecule has 17 heavy (non-hydrogen) atoms. The minimum absolute atomic E-state index is 0.364. The Morgan fingerprint density at radius 2 is 1.88 bits per heavy atom. The van der Waals surface area contributed by atoms with Crippen molar-refractivity contribution in [1.29, 1.82) is 5.26 Å². The largest absolute Gasteiger partial charge is 0.390 e. The summed E-state index contributed by atoms with van der Waals surface area (Å²) in [4.78, 5) is 0. The number of nitrogens with one attached hydrogen (secondary N) is 1. The molecule has 5 heteroatoms. The molecule has 0 radical (unpaired) electrons. The summed E-state index contributed by atoms with van der Waals surface area (Å²) in [6.45, 7) is 1.86. The van der Waals surface area contributed by atoms with Gasteiger partial charge in [0.05, 0.1) is 18.1 Å². The van der Waals surface area contributed by atoms with Crippen LogP contribution in [0, 0.1) is 11.3 Å². The maximum Gasteiger partial charge on any atom is 0.390 e. The summed E-state index contributed by atoms with van der Waals surface area (Å²) < 4.78 is 36.2. The molecule has 0 heterocycles. The van der Waals surface area contributed by atoms with E-state index in [1.54, 1.807) is 24.3 Å². The number of rotatable bonds is 4. The fourth-order valence-corrected chi connectivity index (χ4v) is 1.41. The van der Waals surface area contributed by atoms with Crippen molar-refractivity contribution in [2.24, 2.45) is 0 Å². The molecule has 0 bridgehead atoms. The first kappa shape index (κ1) is 13.5. The van der Waals surface area contributed by atoms with E-state index in [0.29, 0.717) is 12.1 Å². The van der Waals surface area contributed by atoms with E-state index in [1.807, 2.05) is 6.07 Å². The smallest absolute Gasteiger partial charge is 0.310 e. The van der Waals surface area contributed by atoms with Gasteiger partial charge in [-0.25, -0.2) is 0 Å².